The van der Waals surface area contributed by atoms with Gasteiger partial charge in [0.2, 0.25) is 0 Å². The molecule has 2 atom stereocenters. The Bertz CT molecular complexity index is 158. The standard InChI is InChI=1S/C7H12O5/c1-10-3-2-6-11-4-5(12-6)7(8)9/h5-6H,2-4H2,1H3,(H,8,9). The number of rotatable bonds is 4. The Balaban J connectivity index is 2.21. The number of hydrogen-bond donors (Lipinski definition) is 1. The number of carboxylic acids is 1. The predicted octanol–water partition coefficient (Wildman–Crippen LogP) is -0.151. The highest BCUT2D eigenvalue weighted by molar-refractivity contribution is 5.72. The lowest BCUT2D eigenvalue weighted by molar-refractivity contribution is -0.151. The van der Waals surface area contributed by atoms with Crippen molar-refractivity contribution in [3.63, 3.8) is 0 Å². The van der Waals surface area contributed by atoms with E-state index in [4.69, 9.17) is 19.3 Å². The van der Waals surface area contributed by atoms with Gasteiger partial charge in [-0.2, -0.15) is 0 Å². The molecule has 0 amide bonds. The van der Waals surface area contributed by atoms with Gasteiger partial charge in [0.1, 0.15) is 0 Å². The van der Waals surface area contributed by atoms with E-state index in [0.29, 0.717) is 13.0 Å². The van der Waals surface area contributed by atoms with Crippen molar-refractivity contribution in [1.29, 1.82) is 0 Å². The van der Waals surface area contributed by atoms with Crippen LogP contribution >= 0.6 is 0 Å². The van der Waals surface area contributed by atoms with Crippen molar-refractivity contribution in [2.45, 2.75) is 18.8 Å². The average Bonchev–Trinajstić information content (AvgIpc) is 2.48. The Labute approximate surface area is 70.2 Å². The van der Waals surface area contributed by atoms with Gasteiger partial charge in [-0.15, -0.1) is 0 Å². The zero-order chi connectivity index (χ0) is 8.97. The summed E-state index contributed by atoms with van der Waals surface area (Å²) in [5.41, 5.74) is 0. The third-order valence-electron chi connectivity index (χ3n) is 1.58. The van der Waals surface area contributed by atoms with E-state index in [2.05, 4.69) is 0 Å². The monoisotopic (exact) mass is 176 g/mol. The van der Waals surface area contributed by atoms with Gasteiger partial charge in [-0.25, -0.2) is 4.79 Å². The second-order valence-corrected chi connectivity index (χ2v) is 2.51. The third kappa shape index (κ3) is 2.44. The van der Waals surface area contributed by atoms with Gasteiger partial charge in [0, 0.05) is 13.5 Å². The van der Waals surface area contributed by atoms with Crippen molar-refractivity contribution >= 4 is 5.97 Å². The number of methoxy groups -OCH3 is 1. The Kier molecular flexibility index (Phi) is 3.46. The van der Waals surface area contributed by atoms with Crippen LogP contribution in [0.25, 0.3) is 0 Å². The fourth-order valence-electron chi connectivity index (χ4n) is 0.951. The third-order valence-corrected chi connectivity index (χ3v) is 1.58. The van der Waals surface area contributed by atoms with Gasteiger partial charge >= 0.3 is 5.97 Å². The van der Waals surface area contributed by atoms with Crippen LogP contribution in [0.4, 0.5) is 0 Å². The lowest BCUT2D eigenvalue weighted by atomic mass is 10.4. The lowest BCUT2D eigenvalue weighted by Crippen LogP contribution is -2.23. The maximum Gasteiger partial charge on any atom is 0.335 e. The summed E-state index contributed by atoms with van der Waals surface area (Å²) >= 11 is 0. The van der Waals surface area contributed by atoms with Gasteiger partial charge in [0.25, 0.3) is 0 Å². The molecule has 70 valence electrons. The van der Waals surface area contributed by atoms with Crippen LogP contribution in [0.1, 0.15) is 6.42 Å². The van der Waals surface area contributed by atoms with Crippen LogP contribution < -0.4 is 0 Å². The number of carboxylic acid groups (broad SMARTS) is 1. The molecule has 1 fully saturated rings. The minimum absolute atomic E-state index is 0.129. The van der Waals surface area contributed by atoms with Crippen molar-refractivity contribution in [3.8, 4) is 0 Å². The molecule has 0 saturated carbocycles. The van der Waals surface area contributed by atoms with Crippen LogP contribution in [0.15, 0.2) is 0 Å². The highest BCUT2D eigenvalue weighted by Crippen LogP contribution is 2.14. The Morgan fingerprint density at radius 3 is 3.00 bits per heavy atom. The van der Waals surface area contributed by atoms with Crippen LogP contribution in [-0.4, -0.2) is 43.8 Å². The Morgan fingerprint density at radius 1 is 1.75 bits per heavy atom. The predicted molar refractivity (Wildman–Crippen MR) is 38.7 cm³/mol. The summed E-state index contributed by atoms with van der Waals surface area (Å²) in [6, 6.07) is 0. The lowest BCUT2D eigenvalue weighted by Gasteiger charge is -2.07. The molecule has 1 N–H and O–H groups in total. The van der Waals surface area contributed by atoms with E-state index < -0.39 is 18.4 Å². The van der Waals surface area contributed by atoms with Gasteiger partial charge in [-0.1, -0.05) is 0 Å². The maximum atomic E-state index is 10.4. The quantitative estimate of drug-likeness (QED) is 0.645. The number of aliphatic carboxylic acids is 1. The molecule has 0 radical (unpaired) electrons. The molecular formula is C7H12O5. The largest absolute Gasteiger partial charge is 0.479 e. The van der Waals surface area contributed by atoms with Gasteiger partial charge in [0.15, 0.2) is 12.4 Å². The van der Waals surface area contributed by atoms with Crippen LogP contribution in [0, 0.1) is 0 Å². The first-order valence-electron chi connectivity index (χ1n) is 3.73. The zero-order valence-electron chi connectivity index (χ0n) is 6.86. The highest BCUT2D eigenvalue weighted by Gasteiger charge is 2.30. The zero-order valence-corrected chi connectivity index (χ0v) is 6.86. The fraction of sp³-hybridized carbons (Fsp3) is 0.857. The van der Waals surface area contributed by atoms with E-state index in [9.17, 15) is 4.79 Å². The number of hydrogen-bond acceptors (Lipinski definition) is 4. The van der Waals surface area contributed by atoms with Crippen LogP contribution in [0.3, 0.4) is 0 Å². The summed E-state index contributed by atoms with van der Waals surface area (Å²) in [5.74, 6) is -0.977. The fourth-order valence-corrected chi connectivity index (χ4v) is 0.951. The SMILES string of the molecule is COCCC1OCC(C(=O)O)O1. The maximum absolute atomic E-state index is 10.4. The average molecular weight is 176 g/mol. The summed E-state index contributed by atoms with van der Waals surface area (Å²) in [6.45, 7) is 0.640. The van der Waals surface area contributed by atoms with Gasteiger partial charge in [0.05, 0.1) is 13.2 Å². The van der Waals surface area contributed by atoms with Crippen molar-refractivity contribution < 1.29 is 24.1 Å². The molecule has 0 aromatic carbocycles. The molecule has 1 aliphatic heterocycles. The minimum atomic E-state index is -0.977. The summed E-state index contributed by atoms with van der Waals surface area (Å²) in [4.78, 5) is 10.4. The van der Waals surface area contributed by atoms with Crippen molar-refractivity contribution in [2.24, 2.45) is 0 Å². The van der Waals surface area contributed by atoms with E-state index in [-0.39, 0.29) is 6.61 Å². The topological polar surface area (TPSA) is 65.0 Å². The molecule has 1 rings (SSSR count). The van der Waals surface area contributed by atoms with E-state index >= 15 is 0 Å². The van der Waals surface area contributed by atoms with Crippen LogP contribution in [0.5, 0.6) is 0 Å². The first-order valence-corrected chi connectivity index (χ1v) is 3.73. The summed E-state index contributed by atoms with van der Waals surface area (Å²) in [6.07, 6.45) is -0.668. The normalized spacial score (nSPS) is 29.1. The Morgan fingerprint density at radius 2 is 2.50 bits per heavy atom. The molecule has 5 nitrogen and oxygen atoms in total. The Hall–Kier alpha value is -0.650. The number of ether oxygens (including phenoxy) is 3. The first kappa shape index (κ1) is 9.44. The van der Waals surface area contributed by atoms with Crippen molar-refractivity contribution in [3.05, 3.63) is 0 Å². The van der Waals surface area contributed by atoms with Crippen molar-refractivity contribution in [1.82, 2.24) is 0 Å². The molecule has 0 aliphatic carbocycles. The second kappa shape index (κ2) is 4.39. The molecular weight excluding hydrogens is 164 g/mol. The number of carbonyl (C=O) groups is 1. The molecule has 2 unspecified atom stereocenters. The van der Waals surface area contributed by atoms with Crippen LogP contribution in [-0.2, 0) is 19.0 Å². The van der Waals surface area contributed by atoms with E-state index in [1.165, 1.54) is 0 Å². The van der Waals surface area contributed by atoms with Gasteiger partial charge < -0.3 is 19.3 Å². The highest BCUT2D eigenvalue weighted by atomic mass is 16.7. The van der Waals surface area contributed by atoms with E-state index in [1.54, 1.807) is 7.11 Å². The first-order chi connectivity index (χ1) is 5.74. The molecule has 0 spiro atoms. The van der Waals surface area contributed by atoms with Crippen LogP contribution in [0.2, 0.25) is 0 Å². The molecule has 1 aliphatic rings. The smallest absolute Gasteiger partial charge is 0.335 e. The van der Waals surface area contributed by atoms with Crippen molar-refractivity contribution in [2.75, 3.05) is 20.3 Å². The molecule has 1 saturated heterocycles. The molecule has 0 bridgehead atoms. The molecule has 5 heteroatoms. The summed E-state index contributed by atoms with van der Waals surface area (Å²) in [7, 11) is 1.57. The van der Waals surface area contributed by atoms with E-state index in [1.807, 2.05) is 0 Å². The molecule has 1 heterocycles. The summed E-state index contributed by atoms with van der Waals surface area (Å²) < 4.78 is 14.9. The molecule has 12 heavy (non-hydrogen) atoms. The van der Waals surface area contributed by atoms with Gasteiger partial charge in [-0.05, 0) is 0 Å². The molecule has 0 aromatic rings. The summed E-state index contributed by atoms with van der Waals surface area (Å²) in [5, 5.41) is 8.52. The second-order valence-electron chi connectivity index (χ2n) is 2.51. The van der Waals surface area contributed by atoms with Gasteiger partial charge in [-0.3, -0.25) is 0 Å². The minimum Gasteiger partial charge on any atom is -0.479 e. The molecule has 0 aromatic heterocycles. The van der Waals surface area contributed by atoms with E-state index in [0.717, 1.165) is 0 Å².